The van der Waals surface area contributed by atoms with Crippen LogP contribution in [0.3, 0.4) is 0 Å². The molecule has 1 aromatic carbocycles. The number of anilines is 1. The smallest absolute Gasteiger partial charge is 0.207 e. The molecule has 0 saturated heterocycles. The molecule has 0 saturated carbocycles. The first-order valence-electron chi connectivity index (χ1n) is 6.52. The molecule has 2 aromatic rings. The summed E-state index contributed by atoms with van der Waals surface area (Å²) in [5, 5.41) is 3.31. The first kappa shape index (κ1) is 14.8. The van der Waals surface area contributed by atoms with Crippen molar-refractivity contribution < 1.29 is 9.13 Å². The highest BCUT2D eigenvalue weighted by atomic mass is 35.5. The fourth-order valence-electron chi connectivity index (χ4n) is 1.80. The molecule has 0 atom stereocenters. The predicted octanol–water partition coefficient (Wildman–Crippen LogP) is 3.50. The zero-order valence-corrected chi connectivity index (χ0v) is 12.0. The average molecular weight is 298 g/mol. The van der Waals surface area contributed by atoms with Gasteiger partial charge >= 0.3 is 0 Å². The maximum absolute atomic E-state index is 13.5. The molecule has 0 unspecified atom stereocenters. The van der Waals surface area contributed by atoms with Gasteiger partial charge in [-0.3, -0.25) is 4.57 Å². The lowest BCUT2D eigenvalue weighted by molar-refractivity contribution is 0.147. The molecular formula is C14H17ClFN3O. The molecule has 1 N–H and O–H groups in total. The average Bonchev–Trinajstić information content (AvgIpc) is 2.90. The standard InChI is InChI=1S/C14H17ClFN3O/c1-2-20-9-3-6-17-14-18-7-8-19(14)11-4-5-12(15)13(16)10-11/h4-5,7-8,10H,2-3,6,9H2,1H3,(H,17,18). The van der Waals surface area contributed by atoms with Crippen LogP contribution < -0.4 is 5.32 Å². The molecule has 0 bridgehead atoms. The second kappa shape index (κ2) is 7.26. The van der Waals surface area contributed by atoms with E-state index in [0.29, 0.717) is 18.2 Å². The molecular weight excluding hydrogens is 281 g/mol. The molecule has 4 nitrogen and oxygen atoms in total. The Morgan fingerprint density at radius 1 is 1.45 bits per heavy atom. The summed E-state index contributed by atoms with van der Waals surface area (Å²) in [4.78, 5) is 4.22. The number of imidazole rings is 1. The largest absolute Gasteiger partial charge is 0.382 e. The van der Waals surface area contributed by atoms with E-state index in [0.717, 1.165) is 19.6 Å². The van der Waals surface area contributed by atoms with Crippen molar-refractivity contribution >= 4 is 17.5 Å². The Labute approximate surface area is 122 Å². The van der Waals surface area contributed by atoms with Crippen molar-refractivity contribution in [1.29, 1.82) is 0 Å². The van der Waals surface area contributed by atoms with Gasteiger partial charge < -0.3 is 10.1 Å². The van der Waals surface area contributed by atoms with Crippen molar-refractivity contribution in [2.24, 2.45) is 0 Å². The van der Waals surface area contributed by atoms with Crippen LogP contribution in [0.4, 0.5) is 10.3 Å². The van der Waals surface area contributed by atoms with Gasteiger partial charge in [-0.2, -0.15) is 0 Å². The molecule has 20 heavy (non-hydrogen) atoms. The normalized spacial score (nSPS) is 10.8. The number of hydrogen-bond donors (Lipinski definition) is 1. The van der Waals surface area contributed by atoms with Gasteiger partial charge in [0.05, 0.1) is 10.7 Å². The molecule has 0 fully saturated rings. The molecule has 6 heteroatoms. The number of nitrogens with zero attached hydrogens (tertiary/aromatic N) is 2. The summed E-state index contributed by atoms with van der Waals surface area (Å²) in [6, 6.07) is 4.67. The number of aromatic nitrogens is 2. The first-order chi connectivity index (χ1) is 9.72. The zero-order chi connectivity index (χ0) is 14.4. The van der Waals surface area contributed by atoms with Gasteiger partial charge in [0.2, 0.25) is 5.95 Å². The highest BCUT2D eigenvalue weighted by Gasteiger charge is 2.07. The molecule has 108 valence electrons. The molecule has 0 aliphatic carbocycles. The Hall–Kier alpha value is -1.59. The summed E-state index contributed by atoms with van der Waals surface area (Å²) in [6.45, 7) is 4.14. The summed E-state index contributed by atoms with van der Waals surface area (Å²) in [5.74, 6) is 0.225. The number of rotatable bonds is 7. The van der Waals surface area contributed by atoms with Gasteiger partial charge in [0.25, 0.3) is 0 Å². The Kier molecular flexibility index (Phi) is 5.38. The van der Waals surface area contributed by atoms with Crippen LogP contribution in [0, 0.1) is 5.82 Å². The molecule has 0 aliphatic heterocycles. The van der Waals surface area contributed by atoms with Crippen LogP contribution in [0.5, 0.6) is 0 Å². The maximum atomic E-state index is 13.5. The van der Waals surface area contributed by atoms with Crippen molar-refractivity contribution in [3.8, 4) is 5.69 Å². The molecule has 0 spiro atoms. The van der Waals surface area contributed by atoms with Gasteiger partial charge in [-0.25, -0.2) is 9.37 Å². The molecule has 1 aromatic heterocycles. The van der Waals surface area contributed by atoms with E-state index >= 15 is 0 Å². The van der Waals surface area contributed by atoms with Gasteiger partial charge in [0.15, 0.2) is 0 Å². The summed E-state index contributed by atoms with van der Waals surface area (Å²) in [7, 11) is 0. The minimum absolute atomic E-state index is 0.111. The molecule has 0 aliphatic rings. The van der Waals surface area contributed by atoms with E-state index in [4.69, 9.17) is 16.3 Å². The Morgan fingerprint density at radius 3 is 3.05 bits per heavy atom. The second-order valence-electron chi connectivity index (χ2n) is 4.20. The second-order valence-corrected chi connectivity index (χ2v) is 4.60. The topological polar surface area (TPSA) is 39.1 Å². The third-order valence-corrected chi connectivity index (χ3v) is 3.08. The quantitative estimate of drug-likeness (QED) is 0.795. The lowest BCUT2D eigenvalue weighted by Gasteiger charge is -2.10. The number of benzene rings is 1. The lowest BCUT2D eigenvalue weighted by atomic mass is 10.3. The Bertz CT molecular complexity index is 559. The van der Waals surface area contributed by atoms with E-state index in [9.17, 15) is 4.39 Å². The van der Waals surface area contributed by atoms with Crippen LogP contribution in [0.15, 0.2) is 30.6 Å². The molecule has 0 radical (unpaired) electrons. The van der Waals surface area contributed by atoms with Gasteiger partial charge in [0.1, 0.15) is 5.82 Å². The third kappa shape index (κ3) is 3.71. The van der Waals surface area contributed by atoms with Crippen molar-refractivity contribution in [1.82, 2.24) is 9.55 Å². The van der Waals surface area contributed by atoms with Crippen LogP contribution in [-0.4, -0.2) is 29.3 Å². The maximum Gasteiger partial charge on any atom is 0.207 e. The van der Waals surface area contributed by atoms with E-state index in [2.05, 4.69) is 10.3 Å². The van der Waals surface area contributed by atoms with E-state index in [1.54, 1.807) is 23.0 Å². The molecule has 0 amide bonds. The highest BCUT2D eigenvalue weighted by molar-refractivity contribution is 6.30. The SMILES string of the molecule is CCOCCCNc1nccn1-c1ccc(Cl)c(F)c1. The van der Waals surface area contributed by atoms with Crippen LogP contribution in [0.2, 0.25) is 5.02 Å². The van der Waals surface area contributed by atoms with Gasteiger partial charge in [-0.05, 0) is 31.5 Å². The van der Waals surface area contributed by atoms with Crippen LogP contribution in [-0.2, 0) is 4.74 Å². The molecule has 2 rings (SSSR count). The Balaban J connectivity index is 2.02. The summed E-state index contributed by atoms with van der Waals surface area (Å²) >= 11 is 5.68. The lowest BCUT2D eigenvalue weighted by Crippen LogP contribution is -2.10. The van der Waals surface area contributed by atoms with Crippen LogP contribution in [0.25, 0.3) is 5.69 Å². The number of halogens is 2. The van der Waals surface area contributed by atoms with Crippen LogP contribution >= 0.6 is 11.6 Å². The highest BCUT2D eigenvalue weighted by Crippen LogP contribution is 2.20. The number of nitrogens with one attached hydrogen (secondary N) is 1. The number of hydrogen-bond acceptors (Lipinski definition) is 3. The fourth-order valence-corrected chi connectivity index (χ4v) is 1.91. The predicted molar refractivity (Wildman–Crippen MR) is 78.1 cm³/mol. The van der Waals surface area contributed by atoms with Gasteiger partial charge in [-0.15, -0.1) is 0 Å². The van der Waals surface area contributed by atoms with Gasteiger partial charge in [0, 0.05) is 32.2 Å². The third-order valence-electron chi connectivity index (χ3n) is 2.77. The van der Waals surface area contributed by atoms with Crippen molar-refractivity contribution in [3.63, 3.8) is 0 Å². The minimum atomic E-state index is -0.444. The Morgan fingerprint density at radius 2 is 2.30 bits per heavy atom. The van der Waals surface area contributed by atoms with E-state index in [1.807, 2.05) is 6.92 Å². The van der Waals surface area contributed by atoms with Crippen LogP contribution in [0.1, 0.15) is 13.3 Å². The van der Waals surface area contributed by atoms with E-state index in [1.165, 1.54) is 12.1 Å². The fraction of sp³-hybridized carbons (Fsp3) is 0.357. The summed E-state index contributed by atoms with van der Waals surface area (Å²) in [6.07, 6.45) is 4.32. The molecule has 1 heterocycles. The first-order valence-corrected chi connectivity index (χ1v) is 6.90. The van der Waals surface area contributed by atoms with E-state index in [-0.39, 0.29) is 5.02 Å². The van der Waals surface area contributed by atoms with Crippen molar-refractivity contribution in [2.45, 2.75) is 13.3 Å². The van der Waals surface area contributed by atoms with Crippen molar-refractivity contribution in [2.75, 3.05) is 25.1 Å². The van der Waals surface area contributed by atoms with Gasteiger partial charge in [-0.1, -0.05) is 11.6 Å². The van der Waals surface area contributed by atoms with E-state index < -0.39 is 5.82 Å². The monoisotopic (exact) mass is 297 g/mol. The number of ether oxygens (including phenoxy) is 1. The zero-order valence-electron chi connectivity index (χ0n) is 11.3. The van der Waals surface area contributed by atoms with Crippen molar-refractivity contribution in [3.05, 3.63) is 41.4 Å². The minimum Gasteiger partial charge on any atom is -0.382 e. The summed E-state index contributed by atoms with van der Waals surface area (Å²) < 4.78 is 20.5. The summed E-state index contributed by atoms with van der Waals surface area (Å²) in [5.41, 5.74) is 0.678.